The molecule has 0 atom stereocenters. The van der Waals surface area contributed by atoms with Crippen LogP contribution in [0.2, 0.25) is 0 Å². The van der Waals surface area contributed by atoms with Crippen LogP contribution in [0.3, 0.4) is 0 Å². The quantitative estimate of drug-likeness (QED) is 0.344. The minimum Gasteiger partial charge on any atom is -0.481 e. The molecule has 158 valence electrons. The standard InChI is InChI=1S/C10H20O2.C4F10/c1-2-3-4-5-6-7-8-9-10(11)12;5-1(6,3(9,10)11)2(7,8)4(12,13)14/h2-9H2,1H3,(H,11,12);. The van der Waals surface area contributed by atoms with Crippen LogP contribution in [0.4, 0.5) is 43.9 Å². The number of unbranched alkanes of at least 4 members (excludes halogenated alkanes) is 6. The van der Waals surface area contributed by atoms with Gasteiger partial charge in [-0.3, -0.25) is 4.79 Å². The Kier molecular flexibility index (Phi) is 11.2. The molecule has 0 saturated heterocycles. The van der Waals surface area contributed by atoms with Gasteiger partial charge in [0.2, 0.25) is 0 Å². The van der Waals surface area contributed by atoms with E-state index in [2.05, 4.69) is 6.92 Å². The topological polar surface area (TPSA) is 37.3 Å². The molecule has 0 fully saturated rings. The molecule has 0 aliphatic rings. The average Bonchev–Trinajstić information content (AvgIpc) is 2.44. The first-order chi connectivity index (χ1) is 11.5. The number of alkyl halides is 10. The van der Waals surface area contributed by atoms with Crippen molar-refractivity contribution in [3.8, 4) is 0 Å². The largest absolute Gasteiger partial charge is 0.481 e. The number of hydrogen-bond donors (Lipinski definition) is 1. The zero-order valence-corrected chi connectivity index (χ0v) is 13.8. The fourth-order valence-corrected chi connectivity index (χ4v) is 1.59. The van der Waals surface area contributed by atoms with Crippen LogP contribution in [0.5, 0.6) is 0 Å². The summed E-state index contributed by atoms with van der Waals surface area (Å²) in [7, 11) is 0. The molecule has 12 heteroatoms. The van der Waals surface area contributed by atoms with Gasteiger partial charge in [-0.2, -0.15) is 43.9 Å². The Morgan fingerprint density at radius 3 is 1.23 bits per heavy atom. The molecule has 2 nitrogen and oxygen atoms in total. The van der Waals surface area contributed by atoms with E-state index in [1.54, 1.807) is 0 Å². The molecule has 0 rings (SSSR count). The van der Waals surface area contributed by atoms with Crippen LogP contribution in [0, 0.1) is 0 Å². The maximum Gasteiger partial charge on any atom is 0.460 e. The summed E-state index contributed by atoms with van der Waals surface area (Å²) in [4.78, 5) is 10.1. The van der Waals surface area contributed by atoms with Crippen molar-refractivity contribution < 1.29 is 53.8 Å². The van der Waals surface area contributed by atoms with Gasteiger partial charge in [-0.15, -0.1) is 0 Å². The number of aliphatic carboxylic acids is 1. The highest BCUT2D eigenvalue weighted by Crippen LogP contribution is 2.53. The summed E-state index contributed by atoms with van der Waals surface area (Å²) in [5.41, 5.74) is 0. The summed E-state index contributed by atoms with van der Waals surface area (Å²) < 4.78 is 113. The monoisotopic (exact) mass is 410 g/mol. The first kappa shape index (κ1) is 27.0. The Morgan fingerprint density at radius 2 is 0.962 bits per heavy atom. The maximum atomic E-state index is 11.6. The Balaban J connectivity index is 0. The van der Waals surface area contributed by atoms with Crippen LogP contribution >= 0.6 is 0 Å². The molecule has 0 amide bonds. The highest BCUT2D eigenvalue weighted by Gasteiger charge is 2.82. The highest BCUT2D eigenvalue weighted by molar-refractivity contribution is 5.66. The smallest absolute Gasteiger partial charge is 0.460 e. The molecule has 0 bridgehead atoms. The van der Waals surface area contributed by atoms with Gasteiger partial charge in [0.1, 0.15) is 0 Å². The van der Waals surface area contributed by atoms with E-state index in [1.165, 1.54) is 32.1 Å². The second-order valence-electron chi connectivity index (χ2n) is 5.41. The number of halogens is 10. The molecule has 0 spiro atoms. The highest BCUT2D eigenvalue weighted by atomic mass is 19.4. The third-order valence-corrected chi connectivity index (χ3v) is 3.10. The number of carbonyl (C=O) groups is 1. The molecule has 26 heavy (non-hydrogen) atoms. The Morgan fingerprint density at radius 1 is 0.654 bits per heavy atom. The van der Waals surface area contributed by atoms with E-state index in [4.69, 9.17) is 5.11 Å². The normalized spacial score (nSPS) is 13.2. The molecule has 0 aromatic heterocycles. The van der Waals surface area contributed by atoms with Crippen molar-refractivity contribution in [2.45, 2.75) is 82.5 Å². The Hall–Kier alpha value is -1.23. The van der Waals surface area contributed by atoms with Gasteiger partial charge in [-0.1, -0.05) is 45.4 Å². The SMILES string of the molecule is CCCCCCCCCC(=O)O.FC(F)(F)C(F)(F)C(F)(F)C(F)(F)F. The van der Waals surface area contributed by atoms with Gasteiger partial charge < -0.3 is 5.11 Å². The van der Waals surface area contributed by atoms with Crippen LogP contribution < -0.4 is 0 Å². The molecular weight excluding hydrogens is 390 g/mol. The van der Waals surface area contributed by atoms with Gasteiger partial charge in [0.25, 0.3) is 0 Å². The van der Waals surface area contributed by atoms with E-state index in [1.807, 2.05) is 0 Å². The Bertz CT molecular complexity index is 378. The van der Waals surface area contributed by atoms with Gasteiger partial charge >= 0.3 is 30.2 Å². The average molecular weight is 410 g/mol. The van der Waals surface area contributed by atoms with Gasteiger partial charge in [-0.25, -0.2) is 0 Å². The molecule has 0 heterocycles. The molecule has 0 unspecified atom stereocenters. The molecule has 0 saturated carbocycles. The molecule has 0 aromatic carbocycles. The molecular formula is C14H20F10O2. The van der Waals surface area contributed by atoms with Crippen LogP contribution in [0.15, 0.2) is 0 Å². The lowest BCUT2D eigenvalue weighted by molar-refractivity contribution is -0.419. The van der Waals surface area contributed by atoms with Crippen LogP contribution in [0.25, 0.3) is 0 Å². The van der Waals surface area contributed by atoms with Crippen LogP contribution in [-0.4, -0.2) is 35.3 Å². The van der Waals surface area contributed by atoms with Crippen molar-refractivity contribution in [2.75, 3.05) is 0 Å². The third kappa shape index (κ3) is 8.93. The number of carboxylic acids is 1. The summed E-state index contributed by atoms with van der Waals surface area (Å²) in [5.74, 6) is -14.9. The zero-order valence-electron chi connectivity index (χ0n) is 13.8. The van der Waals surface area contributed by atoms with E-state index in [-0.39, 0.29) is 0 Å². The summed E-state index contributed by atoms with van der Waals surface area (Å²) in [6.07, 6.45) is -5.29. The van der Waals surface area contributed by atoms with E-state index in [0.29, 0.717) is 6.42 Å². The van der Waals surface area contributed by atoms with Gasteiger partial charge in [0, 0.05) is 6.42 Å². The molecule has 0 aliphatic carbocycles. The van der Waals surface area contributed by atoms with E-state index >= 15 is 0 Å². The van der Waals surface area contributed by atoms with Crippen molar-refractivity contribution in [3.63, 3.8) is 0 Å². The zero-order chi connectivity index (χ0) is 21.2. The number of hydrogen-bond acceptors (Lipinski definition) is 1. The fraction of sp³-hybridized carbons (Fsp3) is 0.929. The van der Waals surface area contributed by atoms with E-state index < -0.39 is 30.2 Å². The van der Waals surface area contributed by atoms with Gasteiger partial charge in [0.15, 0.2) is 0 Å². The van der Waals surface area contributed by atoms with E-state index in [9.17, 15) is 48.7 Å². The summed E-state index contributed by atoms with van der Waals surface area (Å²) >= 11 is 0. The predicted octanol–water partition coefficient (Wildman–Crippen LogP) is 6.59. The van der Waals surface area contributed by atoms with Crippen molar-refractivity contribution in [3.05, 3.63) is 0 Å². The first-order valence-corrected chi connectivity index (χ1v) is 7.63. The molecule has 1 N–H and O–H groups in total. The number of rotatable bonds is 9. The summed E-state index contributed by atoms with van der Waals surface area (Å²) in [6, 6.07) is 0. The van der Waals surface area contributed by atoms with Crippen molar-refractivity contribution in [1.29, 1.82) is 0 Å². The lowest BCUT2D eigenvalue weighted by Gasteiger charge is -2.29. The molecule has 0 aromatic rings. The van der Waals surface area contributed by atoms with Crippen molar-refractivity contribution >= 4 is 5.97 Å². The number of carboxylic acid groups (broad SMARTS) is 1. The second kappa shape index (κ2) is 10.8. The fourth-order valence-electron chi connectivity index (χ4n) is 1.59. The van der Waals surface area contributed by atoms with Crippen LogP contribution in [-0.2, 0) is 4.79 Å². The molecule has 0 aliphatic heterocycles. The van der Waals surface area contributed by atoms with Crippen molar-refractivity contribution in [2.24, 2.45) is 0 Å². The lowest BCUT2D eigenvalue weighted by atomic mass is 10.1. The maximum absolute atomic E-state index is 11.6. The second-order valence-corrected chi connectivity index (χ2v) is 5.41. The third-order valence-electron chi connectivity index (χ3n) is 3.10. The summed E-state index contributed by atoms with van der Waals surface area (Å²) in [5, 5.41) is 8.35. The minimum absolute atomic E-state index is 0.341. The van der Waals surface area contributed by atoms with Crippen LogP contribution in [0.1, 0.15) is 58.3 Å². The van der Waals surface area contributed by atoms with Gasteiger partial charge in [0.05, 0.1) is 0 Å². The summed E-state index contributed by atoms with van der Waals surface area (Å²) in [6.45, 7) is 2.20. The van der Waals surface area contributed by atoms with E-state index in [0.717, 1.165) is 12.8 Å². The van der Waals surface area contributed by atoms with Crippen molar-refractivity contribution in [1.82, 2.24) is 0 Å². The first-order valence-electron chi connectivity index (χ1n) is 7.63. The Labute approximate surface area is 143 Å². The molecule has 0 radical (unpaired) electrons. The lowest BCUT2D eigenvalue weighted by Crippen LogP contribution is -2.59. The predicted molar refractivity (Wildman–Crippen MR) is 72.2 cm³/mol. The van der Waals surface area contributed by atoms with Gasteiger partial charge in [-0.05, 0) is 6.42 Å². The minimum atomic E-state index is -7.14.